The fraction of sp³-hybridized carbons (Fsp3) is 0.261. The first-order chi connectivity index (χ1) is 14.0. The van der Waals surface area contributed by atoms with E-state index in [9.17, 15) is 8.76 Å². The highest BCUT2D eigenvalue weighted by molar-refractivity contribution is 7.99. The Morgan fingerprint density at radius 1 is 1.03 bits per heavy atom. The molecule has 1 aliphatic rings. The first kappa shape index (κ1) is 19.8. The summed E-state index contributed by atoms with van der Waals surface area (Å²) >= 11 is 0. The summed E-state index contributed by atoms with van der Waals surface area (Å²) in [6.07, 6.45) is 3.98. The Kier molecular flexibility index (Phi) is 5.76. The highest BCUT2D eigenvalue weighted by Crippen LogP contribution is 2.30. The number of benzene rings is 2. The van der Waals surface area contributed by atoms with Crippen LogP contribution in [0.15, 0.2) is 71.8 Å². The number of hydrogen-bond donors (Lipinski definition) is 3. The highest BCUT2D eigenvalue weighted by Gasteiger charge is 2.30. The lowest BCUT2D eigenvalue weighted by molar-refractivity contribution is 0.460. The molecule has 5 nitrogen and oxygen atoms in total. The van der Waals surface area contributed by atoms with E-state index in [0.29, 0.717) is 22.2 Å². The fourth-order valence-corrected chi connectivity index (χ4v) is 4.90. The molecule has 1 unspecified atom stereocenters. The summed E-state index contributed by atoms with van der Waals surface area (Å²) in [5.41, 5.74) is 4.78. The van der Waals surface area contributed by atoms with Gasteiger partial charge in [0.2, 0.25) is 4.90 Å². The molecule has 3 aromatic rings. The molecule has 2 heterocycles. The summed E-state index contributed by atoms with van der Waals surface area (Å²) in [6.45, 7) is 3.94. The van der Waals surface area contributed by atoms with Gasteiger partial charge in [-0.25, -0.2) is 0 Å². The number of anilines is 1. The van der Waals surface area contributed by atoms with Crippen molar-refractivity contribution in [3.8, 4) is 11.1 Å². The molecule has 0 spiro atoms. The summed E-state index contributed by atoms with van der Waals surface area (Å²) < 4.78 is 26.1. The largest absolute Gasteiger partial charge is 0.346 e. The molecule has 3 N–H and O–H groups in total. The Morgan fingerprint density at radius 2 is 1.79 bits per heavy atom. The van der Waals surface area contributed by atoms with E-state index >= 15 is 0 Å². The third kappa shape index (κ3) is 4.56. The van der Waals surface area contributed by atoms with Crippen molar-refractivity contribution < 1.29 is 8.76 Å². The van der Waals surface area contributed by atoms with Crippen molar-refractivity contribution in [2.45, 2.75) is 30.6 Å². The van der Waals surface area contributed by atoms with Gasteiger partial charge in [-0.3, -0.25) is 4.98 Å². The molecule has 0 radical (unpaired) electrons. The lowest BCUT2D eigenvalue weighted by Crippen LogP contribution is -2.26. The number of hydrogen-bond acceptors (Lipinski definition) is 3. The van der Waals surface area contributed by atoms with Crippen molar-refractivity contribution in [2.24, 2.45) is 0 Å². The topological polar surface area (TPSA) is 74.2 Å². The summed E-state index contributed by atoms with van der Waals surface area (Å²) in [7, 11) is -3.41. The Morgan fingerprint density at radius 3 is 2.52 bits per heavy atom. The predicted octanol–water partition coefficient (Wildman–Crippen LogP) is 4.88. The second kappa shape index (κ2) is 8.45. The standard InChI is InChI=1S/C23H25N3O2S/c1-17-23(6-3-13-25-17)26-29(27,28)22-9-7-18(8-10-22)20-4-2-5-21(16-20)19-11-14-24-15-12-19/h2-10,13,16,19,24H,11-12,14-15H2,1H3,(H-,26,27,28)/p+1. The number of rotatable bonds is 5. The van der Waals surface area contributed by atoms with Crippen LogP contribution in [0.5, 0.6) is 0 Å². The SMILES string of the molecule is Cc1ncccc1N[S+](=O)(O)c1ccc(-c2cccc(C3CCNCC3)c2)cc1. The number of aryl methyl sites for hydroxylation is 1. The smallest absolute Gasteiger partial charge is 0.317 e. The Balaban J connectivity index is 1.55. The molecule has 4 rings (SSSR count). The maximum absolute atomic E-state index is 12.8. The molecule has 0 saturated carbocycles. The van der Waals surface area contributed by atoms with Crippen LogP contribution in [0.25, 0.3) is 11.1 Å². The summed E-state index contributed by atoms with van der Waals surface area (Å²) in [6, 6.07) is 19.4. The van der Waals surface area contributed by atoms with Gasteiger partial charge in [0, 0.05) is 6.20 Å². The Labute approximate surface area is 173 Å². The number of pyridine rings is 1. The predicted molar refractivity (Wildman–Crippen MR) is 118 cm³/mol. The third-order valence-electron chi connectivity index (χ3n) is 5.46. The van der Waals surface area contributed by atoms with E-state index in [1.165, 1.54) is 5.56 Å². The monoisotopic (exact) mass is 408 g/mol. The third-order valence-corrected chi connectivity index (χ3v) is 6.87. The molecule has 1 saturated heterocycles. The van der Waals surface area contributed by atoms with Crippen LogP contribution in [0.3, 0.4) is 0 Å². The minimum absolute atomic E-state index is 0.346. The Bertz CT molecular complexity index is 1030. The maximum atomic E-state index is 12.8. The van der Waals surface area contributed by atoms with Crippen molar-refractivity contribution in [1.82, 2.24) is 10.3 Å². The fourth-order valence-electron chi connectivity index (χ4n) is 3.76. The molecule has 29 heavy (non-hydrogen) atoms. The van der Waals surface area contributed by atoms with Gasteiger partial charge in [-0.15, -0.1) is 0 Å². The number of piperidine rings is 1. The normalized spacial score (nSPS) is 16.9. The van der Waals surface area contributed by atoms with Crippen LogP contribution in [0.2, 0.25) is 0 Å². The highest BCUT2D eigenvalue weighted by atomic mass is 32.3. The van der Waals surface area contributed by atoms with Gasteiger partial charge in [-0.1, -0.05) is 24.3 Å². The van der Waals surface area contributed by atoms with Crippen LogP contribution in [0, 0.1) is 6.92 Å². The zero-order valence-electron chi connectivity index (χ0n) is 16.5. The molecule has 6 heteroatoms. The quantitative estimate of drug-likeness (QED) is 0.526. The van der Waals surface area contributed by atoms with E-state index in [2.05, 4.69) is 39.3 Å². The minimum atomic E-state index is -3.41. The summed E-state index contributed by atoms with van der Waals surface area (Å²) in [5, 5.41) is 3.41. The van der Waals surface area contributed by atoms with E-state index in [0.717, 1.165) is 37.1 Å². The zero-order chi connectivity index (χ0) is 20.3. The summed E-state index contributed by atoms with van der Waals surface area (Å²) in [5.74, 6) is 0.596. The number of nitrogens with zero attached hydrogens (tertiary/aromatic N) is 1. The maximum Gasteiger partial charge on any atom is 0.346 e. The second-order valence-corrected chi connectivity index (χ2v) is 9.17. The van der Waals surface area contributed by atoms with Crippen LogP contribution < -0.4 is 10.0 Å². The average Bonchev–Trinajstić information content (AvgIpc) is 2.76. The van der Waals surface area contributed by atoms with Crippen LogP contribution in [0.1, 0.15) is 30.0 Å². The second-order valence-electron chi connectivity index (χ2n) is 7.44. The van der Waals surface area contributed by atoms with Gasteiger partial charge in [0.25, 0.3) is 0 Å². The van der Waals surface area contributed by atoms with Crippen molar-refractivity contribution in [3.63, 3.8) is 0 Å². The van der Waals surface area contributed by atoms with Gasteiger partial charge < -0.3 is 5.32 Å². The number of aromatic nitrogens is 1. The van der Waals surface area contributed by atoms with Gasteiger partial charge in [0.05, 0.1) is 5.69 Å². The molecule has 1 fully saturated rings. The van der Waals surface area contributed by atoms with Gasteiger partial charge in [0.15, 0.2) is 0 Å². The van der Waals surface area contributed by atoms with Crippen LogP contribution in [0.4, 0.5) is 5.69 Å². The van der Waals surface area contributed by atoms with Crippen molar-refractivity contribution in [3.05, 3.63) is 78.1 Å². The van der Waals surface area contributed by atoms with Crippen LogP contribution in [-0.4, -0.2) is 22.6 Å². The molecule has 1 aliphatic heterocycles. The molecule has 1 atom stereocenters. The minimum Gasteiger partial charge on any atom is -0.317 e. The molecule has 2 aromatic carbocycles. The van der Waals surface area contributed by atoms with Gasteiger partial charge in [-0.2, -0.15) is 9.27 Å². The van der Waals surface area contributed by atoms with Gasteiger partial charge >= 0.3 is 10.4 Å². The molecule has 0 amide bonds. The van der Waals surface area contributed by atoms with Crippen molar-refractivity contribution in [1.29, 1.82) is 0 Å². The molecule has 0 bridgehead atoms. The van der Waals surface area contributed by atoms with E-state index in [-0.39, 0.29) is 0 Å². The number of nitrogens with one attached hydrogen (secondary N) is 2. The zero-order valence-corrected chi connectivity index (χ0v) is 17.3. The Hall–Kier alpha value is -2.54. The van der Waals surface area contributed by atoms with E-state index in [1.54, 1.807) is 37.4 Å². The van der Waals surface area contributed by atoms with E-state index < -0.39 is 10.4 Å². The van der Waals surface area contributed by atoms with Crippen LogP contribution in [-0.2, 0) is 14.6 Å². The molecule has 1 aromatic heterocycles. The van der Waals surface area contributed by atoms with Crippen molar-refractivity contribution in [2.75, 3.05) is 17.8 Å². The lowest BCUT2D eigenvalue weighted by Gasteiger charge is -2.23. The van der Waals surface area contributed by atoms with Gasteiger partial charge in [-0.05, 0) is 96.1 Å². The summed E-state index contributed by atoms with van der Waals surface area (Å²) in [4.78, 5) is 4.50. The molecular formula is C23H26N3O2S+. The average molecular weight is 409 g/mol. The first-order valence-corrected chi connectivity index (χ1v) is 11.4. The van der Waals surface area contributed by atoms with Crippen molar-refractivity contribution >= 4 is 16.1 Å². The van der Waals surface area contributed by atoms with Gasteiger partial charge in [0.1, 0.15) is 5.69 Å². The molecule has 0 aliphatic carbocycles. The lowest BCUT2D eigenvalue weighted by atomic mass is 9.88. The molecule has 150 valence electrons. The first-order valence-electron chi connectivity index (χ1n) is 9.90. The molecular weight excluding hydrogens is 382 g/mol. The van der Waals surface area contributed by atoms with E-state index in [1.807, 2.05) is 12.1 Å². The van der Waals surface area contributed by atoms with Crippen LogP contribution >= 0.6 is 0 Å². The van der Waals surface area contributed by atoms with E-state index in [4.69, 9.17) is 0 Å².